The Labute approximate surface area is 185 Å². The first kappa shape index (κ1) is 23.0. The van der Waals surface area contributed by atoms with Gasteiger partial charge in [-0.05, 0) is 50.0 Å². The summed E-state index contributed by atoms with van der Waals surface area (Å²) in [4.78, 5) is 26.0. The van der Waals surface area contributed by atoms with Gasteiger partial charge in [-0.2, -0.15) is 0 Å². The number of benzene rings is 2. The lowest BCUT2D eigenvalue weighted by molar-refractivity contribution is -0.120. The van der Waals surface area contributed by atoms with Gasteiger partial charge < -0.3 is 26.0 Å². The van der Waals surface area contributed by atoms with Gasteiger partial charge in [-0.25, -0.2) is 0 Å². The predicted octanol–water partition coefficient (Wildman–Crippen LogP) is 2.07. The van der Waals surface area contributed by atoms with Gasteiger partial charge in [0.05, 0.1) is 4.70 Å². The van der Waals surface area contributed by atoms with E-state index in [0.29, 0.717) is 31.6 Å². The highest BCUT2D eigenvalue weighted by Gasteiger charge is 2.09. The van der Waals surface area contributed by atoms with Crippen LogP contribution in [0, 0.1) is 6.92 Å². The maximum absolute atomic E-state index is 11.9. The van der Waals surface area contributed by atoms with E-state index in [4.69, 9.17) is 0 Å². The molecule has 0 radical (unpaired) electrons. The van der Waals surface area contributed by atoms with E-state index in [-0.39, 0.29) is 16.5 Å². The number of amides is 1. The summed E-state index contributed by atoms with van der Waals surface area (Å²) in [6, 6.07) is 12.0. The molecule has 0 saturated carbocycles. The molecule has 166 valence electrons. The molecule has 8 heteroatoms. The zero-order chi connectivity index (χ0) is 22.1. The monoisotopic (exact) mass is 442 g/mol. The Balaban J connectivity index is 1.23. The van der Waals surface area contributed by atoms with Crippen molar-refractivity contribution in [1.29, 1.82) is 0 Å². The van der Waals surface area contributed by atoms with E-state index in [1.54, 1.807) is 6.07 Å². The Bertz CT molecular complexity index is 1040. The van der Waals surface area contributed by atoms with Crippen LogP contribution in [0.2, 0.25) is 0 Å². The van der Waals surface area contributed by atoms with Gasteiger partial charge >= 0.3 is 4.87 Å². The minimum Gasteiger partial charge on any atom is -0.506 e. The number of aromatic amines is 1. The lowest BCUT2D eigenvalue weighted by atomic mass is 10.1. The second-order valence-electron chi connectivity index (χ2n) is 7.55. The van der Waals surface area contributed by atoms with Crippen LogP contribution in [0.15, 0.2) is 41.2 Å². The van der Waals surface area contributed by atoms with E-state index in [0.717, 1.165) is 47.5 Å². The fourth-order valence-corrected chi connectivity index (χ4v) is 4.21. The minimum absolute atomic E-state index is 0.0435. The molecule has 0 saturated heterocycles. The number of thiazole rings is 1. The van der Waals surface area contributed by atoms with E-state index in [1.807, 2.05) is 6.07 Å². The van der Waals surface area contributed by atoms with Gasteiger partial charge in [0.2, 0.25) is 5.91 Å². The van der Waals surface area contributed by atoms with Crippen LogP contribution in [0.5, 0.6) is 5.75 Å². The standard InChI is InChI=1S/C23H30N4O3S/c1-16-2-4-17(5-3-16)8-11-24-13-10-20(29)26-15-14-25-12-9-18-6-7-19(28)21-22(18)31-23(30)27-21/h2-7,24-25,28H,8-15H2,1H3,(H,26,29)(H,27,30). The molecule has 0 aliphatic carbocycles. The number of nitrogens with one attached hydrogen (secondary N) is 4. The molecule has 0 aliphatic heterocycles. The average Bonchev–Trinajstić information content (AvgIpc) is 3.15. The summed E-state index contributed by atoms with van der Waals surface area (Å²) in [5.74, 6) is 0.138. The van der Waals surface area contributed by atoms with Gasteiger partial charge in [0.1, 0.15) is 11.3 Å². The van der Waals surface area contributed by atoms with Gasteiger partial charge in [0.15, 0.2) is 0 Å². The van der Waals surface area contributed by atoms with Crippen molar-refractivity contribution >= 4 is 27.5 Å². The van der Waals surface area contributed by atoms with Gasteiger partial charge in [0, 0.05) is 26.1 Å². The fourth-order valence-electron chi connectivity index (χ4n) is 3.31. The first-order valence-corrected chi connectivity index (χ1v) is 11.4. The molecule has 3 aromatic rings. The molecule has 0 aliphatic rings. The van der Waals surface area contributed by atoms with Crippen LogP contribution in [0.25, 0.3) is 10.2 Å². The first-order chi connectivity index (χ1) is 15.0. The highest BCUT2D eigenvalue weighted by Crippen LogP contribution is 2.27. The number of hydrogen-bond acceptors (Lipinski definition) is 6. The molecule has 0 atom stereocenters. The molecular weight excluding hydrogens is 412 g/mol. The van der Waals surface area contributed by atoms with Crippen LogP contribution in [-0.4, -0.2) is 48.7 Å². The summed E-state index contributed by atoms with van der Waals surface area (Å²) in [6.45, 7) is 5.58. The summed E-state index contributed by atoms with van der Waals surface area (Å²) in [5.41, 5.74) is 4.09. The minimum atomic E-state index is -0.168. The Hall–Kier alpha value is -2.68. The Kier molecular flexibility index (Phi) is 8.63. The average molecular weight is 443 g/mol. The molecule has 2 aromatic carbocycles. The van der Waals surface area contributed by atoms with E-state index >= 15 is 0 Å². The molecule has 0 bridgehead atoms. The molecule has 1 aromatic heterocycles. The predicted molar refractivity (Wildman–Crippen MR) is 126 cm³/mol. The molecule has 0 unspecified atom stereocenters. The molecular formula is C23H30N4O3S. The van der Waals surface area contributed by atoms with Gasteiger partial charge in [-0.15, -0.1) is 0 Å². The smallest absolute Gasteiger partial charge is 0.305 e. The molecule has 7 nitrogen and oxygen atoms in total. The number of aromatic nitrogens is 1. The zero-order valence-electron chi connectivity index (χ0n) is 17.8. The van der Waals surface area contributed by atoms with Crippen LogP contribution in [0.3, 0.4) is 0 Å². The SMILES string of the molecule is Cc1ccc(CCNCCC(=O)NCCNCCc2ccc(O)c3[nH]c(=O)sc23)cc1. The van der Waals surface area contributed by atoms with Crippen molar-refractivity contribution in [1.82, 2.24) is 20.9 Å². The van der Waals surface area contributed by atoms with Gasteiger partial charge in [0.25, 0.3) is 0 Å². The Morgan fingerprint density at radius 2 is 1.71 bits per heavy atom. The number of rotatable bonds is 12. The highest BCUT2D eigenvalue weighted by atomic mass is 32.1. The number of carbonyl (C=O) groups excluding carboxylic acids is 1. The number of aromatic hydroxyl groups is 1. The van der Waals surface area contributed by atoms with Crippen molar-refractivity contribution in [3.63, 3.8) is 0 Å². The summed E-state index contributed by atoms with van der Waals surface area (Å²) in [7, 11) is 0. The second-order valence-corrected chi connectivity index (χ2v) is 8.53. The van der Waals surface area contributed by atoms with Crippen molar-refractivity contribution in [3.05, 3.63) is 62.8 Å². The van der Waals surface area contributed by atoms with Crippen LogP contribution < -0.4 is 20.8 Å². The van der Waals surface area contributed by atoms with E-state index in [9.17, 15) is 14.7 Å². The zero-order valence-corrected chi connectivity index (χ0v) is 18.6. The summed E-state index contributed by atoms with van der Waals surface area (Å²) in [6.07, 6.45) is 2.16. The second kappa shape index (κ2) is 11.6. The largest absolute Gasteiger partial charge is 0.506 e. The van der Waals surface area contributed by atoms with Crippen molar-refractivity contribution in [2.24, 2.45) is 0 Å². The number of fused-ring (bicyclic) bond motifs is 1. The maximum Gasteiger partial charge on any atom is 0.305 e. The first-order valence-electron chi connectivity index (χ1n) is 10.6. The lowest BCUT2D eigenvalue weighted by Crippen LogP contribution is -2.34. The van der Waals surface area contributed by atoms with Gasteiger partial charge in [-0.1, -0.05) is 47.2 Å². The number of aryl methyl sites for hydroxylation is 1. The number of phenolic OH excluding ortho intramolecular Hbond substituents is 1. The summed E-state index contributed by atoms with van der Waals surface area (Å²) in [5, 5.41) is 19.4. The maximum atomic E-state index is 11.9. The molecule has 1 heterocycles. The van der Waals surface area contributed by atoms with Crippen molar-refractivity contribution < 1.29 is 9.90 Å². The van der Waals surface area contributed by atoms with E-state index in [2.05, 4.69) is 52.1 Å². The molecule has 5 N–H and O–H groups in total. The van der Waals surface area contributed by atoms with Crippen LogP contribution in [-0.2, 0) is 17.6 Å². The molecule has 3 rings (SSSR count). The summed E-state index contributed by atoms with van der Waals surface area (Å²) >= 11 is 1.11. The number of H-pyrrole nitrogens is 1. The van der Waals surface area contributed by atoms with E-state index < -0.39 is 0 Å². The van der Waals surface area contributed by atoms with Crippen LogP contribution >= 0.6 is 11.3 Å². The molecule has 0 fully saturated rings. The number of hydrogen-bond donors (Lipinski definition) is 5. The Morgan fingerprint density at radius 1 is 0.968 bits per heavy atom. The highest BCUT2D eigenvalue weighted by molar-refractivity contribution is 7.16. The third kappa shape index (κ3) is 7.20. The van der Waals surface area contributed by atoms with Gasteiger partial charge in [-0.3, -0.25) is 9.59 Å². The van der Waals surface area contributed by atoms with Crippen molar-refractivity contribution in [2.75, 3.05) is 32.7 Å². The quantitative estimate of drug-likeness (QED) is 0.276. The third-order valence-corrected chi connectivity index (χ3v) is 6.03. The van der Waals surface area contributed by atoms with Crippen molar-refractivity contribution in [3.8, 4) is 5.75 Å². The number of phenols is 1. The normalized spacial score (nSPS) is 11.1. The Morgan fingerprint density at radius 3 is 2.52 bits per heavy atom. The van der Waals surface area contributed by atoms with Crippen LogP contribution in [0.1, 0.15) is 23.1 Å². The molecule has 0 spiro atoms. The molecule has 1 amide bonds. The molecule has 31 heavy (non-hydrogen) atoms. The topological polar surface area (TPSA) is 106 Å². The fraction of sp³-hybridized carbons (Fsp3) is 0.391. The van der Waals surface area contributed by atoms with Crippen molar-refractivity contribution in [2.45, 2.75) is 26.2 Å². The third-order valence-electron chi connectivity index (χ3n) is 5.07. The lowest BCUT2D eigenvalue weighted by Gasteiger charge is -2.08. The number of carbonyl (C=O) groups is 1. The summed E-state index contributed by atoms with van der Waals surface area (Å²) < 4.78 is 0.801. The van der Waals surface area contributed by atoms with Crippen LogP contribution in [0.4, 0.5) is 0 Å². The van der Waals surface area contributed by atoms with E-state index in [1.165, 1.54) is 11.1 Å².